The molecule has 1 aromatic heterocycles. The molecule has 0 bridgehead atoms. The van der Waals surface area contributed by atoms with E-state index in [4.69, 9.17) is 14.0 Å². The lowest BCUT2D eigenvalue weighted by molar-refractivity contribution is -0.138. The highest BCUT2D eigenvalue weighted by atomic mass is 32.2. The molecule has 3 rings (SSSR count). The van der Waals surface area contributed by atoms with Crippen molar-refractivity contribution in [3.05, 3.63) is 54.2 Å². The number of methoxy groups -OCH3 is 1. The number of alkyl halides is 3. The van der Waals surface area contributed by atoms with E-state index in [0.29, 0.717) is 17.6 Å². The van der Waals surface area contributed by atoms with Gasteiger partial charge in [-0.1, -0.05) is 0 Å². The van der Waals surface area contributed by atoms with Gasteiger partial charge in [0.15, 0.2) is 5.75 Å². The molecule has 2 N–H and O–H groups in total. The van der Waals surface area contributed by atoms with Crippen LogP contribution in [0.4, 0.5) is 18.9 Å². The Bertz CT molecular complexity index is 994. The zero-order valence-electron chi connectivity index (χ0n) is 13.8. The second-order valence-corrected chi connectivity index (χ2v) is 6.06. The summed E-state index contributed by atoms with van der Waals surface area (Å²) in [4.78, 5) is 3.85. The van der Waals surface area contributed by atoms with Crippen LogP contribution >= 0.6 is 0 Å². The molecule has 0 fully saturated rings. The molecule has 0 aliphatic carbocycles. The summed E-state index contributed by atoms with van der Waals surface area (Å²) in [6.45, 7) is 0. The van der Waals surface area contributed by atoms with E-state index in [9.17, 15) is 17.4 Å². The van der Waals surface area contributed by atoms with Crippen LogP contribution in [0.25, 0.3) is 10.9 Å². The zero-order chi connectivity index (χ0) is 19.6. The molecule has 1 atom stereocenters. The summed E-state index contributed by atoms with van der Waals surface area (Å²) >= 11 is -2.26. The zero-order valence-corrected chi connectivity index (χ0v) is 14.6. The largest absolute Gasteiger partial charge is 0.497 e. The average Bonchev–Trinajstić information content (AvgIpc) is 2.61. The van der Waals surface area contributed by atoms with Crippen molar-refractivity contribution in [2.45, 2.75) is 6.18 Å². The van der Waals surface area contributed by atoms with Crippen LogP contribution < -0.4 is 14.2 Å². The molecule has 0 aliphatic heterocycles. The first-order valence-electron chi connectivity index (χ1n) is 7.47. The fraction of sp³-hybridized carbons (Fsp3) is 0.118. The summed E-state index contributed by atoms with van der Waals surface area (Å²) in [6.07, 6.45) is -3.95. The molecule has 6 nitrogen and oxygen atoms in total. The Morgan fingerprint density at radius 3 is 2.37 bits per heavy atom. The SMILES string of the molecule is COc1ccc2c(Oc3ccc(NS(=O)O)cc3)c(C(F)(F)F)cnc2c1. The number of hydrogen-bond acceptors (Lipinski definition) is 4. The number of ether oxygens (including phenoxy) is 2. The van der Waals surface area contributed by atoms with Gasteiger partial charge in [-0.2, -0.15) is 13.2 Å². The first-order valence-corrected chi connectivity index (χ1v) is 8.58. The molecule has 142 valence electrons. The Morgan fingerprint density at radius 2 is 1.78 bits per heavy atom. The summed E-state index contributed by atoms with van der Waals surface area (Å²) in [7, 11) is 1.44. The number of rotatable bonds is 5. The first-order chi connectivity index (χ1) is 12.8. The van der Waals surface area contributed by atoms with Gasteiger partial charge in [-0.3, -0.25) is 14.3 Å². The summed E-state index contributed by atoms with van der Waals surface area (Å²) in [5.41, 5.74) is -0.423. The maximum absolute atomic E-state index is 13.4. The van der Waals surface area contributed by atoms with Crippen LogP contribution in [0.1, 0.15) is 5.56 Å². The first kappa shape index (κ1) is 18.9. The van der Waals surface area contributed by atoms with Gasteiger partial charge in [-0.25, -0.2) is 4.21 Å². The fourth-order valence-corrected chi connectivity index (χ4v) is 2.73. The molecule has 1 unspecified atom stereocenters. The van der Waals surface area contributed by atoms with Crippen LogP contribution in [-0.4, -0.2) is 20.9 Å². The number of nitrogens with zero attached hydrogens (tertiary/aromatic N) is 1. The van der Waals surface area contributed by atoms with E-state index in [2.05, 4.69) is 9.71 Å². The number of benzene rings is 2. The summed E-state index contributed by atoms with van der Waals surface area (Å²) in [6, 6.07) is 10.0. The Morgan fingerprint density at radius 1 is 1.11 bits per heavy atom. The third kappa shape index (κ3) is 4.29. The normalized spacial score (nSPS) is 12.6. The molecule has 0 spiro atoms. The Labute approximate surface area is 154 Å². The number of halogens is 3. The summed E-state index contributed by atoms with van der Waals surface area (Å²) in [5.74, 6) is 0.188. The van der Waals surface area contributed by atoms with Crippen molar-refractivity contribution in [1.29, 1.82) is 0 Å². The van der Waals surface area contributed by atoms with Gasteiger partial charge >= 0.3 is 6.18 Å². The third-order valence-corrected chi connectivity index (χ3v) is 4.02. The van der Waals surface area contributed by atoms with Gasteiger partial charge in [-0.15, -0.1) is 0 Å². The van der Waals surface area contributed by atoms with E-state index < -0.39 is 23.0 Å². The van der Waals surface area contributed by atoms with E-state index in [-0.39, 0.29) is 22.4 Å². The standard InChI is InChI=1S/C17H13F3N2O4S/c1-25-12-6-7-13-15(8-12)21-9-14(17(18,19)20)16(13)26-11-4-2-10(3-5-11)22-27(23)24/h2-9,22H,1H3,(H,23,24). The summed E-state index contributed by atoms with van der Waals surface area (Å²) < 4.78 is 72.6. The topological polar surface area (TPSA) is 80.7 Å². The minimum absolute atomic E-state index is 0.123. The van der Waals surface area contributed by atoms with Crippen molar-refractivity contribution in [2.24, 2.45) is 0 Å². The van der Waals surface area contributed by atoms with Crippen LogP contribution in [0.5, 0.6) is 17.2 Å². The molecule has 0 aliphatic rings. The van der Waals surface area contributed by atoms with Crippen molar-refractivity contribution >= 4 is 27.9 Å². The van der Waals surface area contributed by atoms with E-state index in [1.165, 1.54) is 49.6 Å². The highest BCUT2D eigenvalue weighted by Gasteiger charge is 2.36. The minimum Gasteiger partial charge on any atom is -0.497 e. The fourth-order valence-electron chi connectivity index (χ4n) is 2.40. The van der Waals surface area contributed by atoms with Crippen molar-refractivity contribution in [1.82, 2.24) is 4.98 Å². The van der Waals surface area contributed by atoms with Gasteiger partial charge in [0.2, 0.25) is 0 Å². The molecule has 0 saturated heterocycles. The minimum atomic E-state index is -4.66. The number of fused-ring (bicyclic) bond motifs is 1. The highest BCUT2D eigenvalue weighted by molar-refractivity contribution is 7.80. The van der Waals surface area contributed by atoms with Gasteiger partial charge < -0.3 is 9.47 Å². The molecule has 10 heteroatoms. The van der Waals surface area contributed by atoms with Crippen molar-refractivity contribution in [2.75, 3.05) is 11.8 Å². The van der Waals surface area contributed by atoms with Gasteiger partial charge in [0, 0.05) is 23.3 Å². The van der Waals surface area contributed by atoms with Gasteiger partial charge in [-0.05, 0) is 36.4 Å². The Kier molecular flexibility index (Phi) is 5.19. The van der Waals surface area contributed by atoms with Crippen molar-refractivity contribution in [3.63, 3.8) is 0 Å². The molecule has 0 saturated carbocycles. The number of hydrogen-bond donors (Lipinski definition) is 2. The smallest absolute Gasteiger partial charge is 0.421 e. The van der Waals surface area contributed by atoms with Gasteiger partial charge in [0.1, 0.15) is 17.1 Å². The van der Waals surface area contributed by atoms with Crippen LogP contribution in [0.2, 0.25) is 0 Å². The highest BCUT2D eigenvalue weighted by Crippen LogP contribution is 2.42. The van der Waals surface area contributed by atoms with Gasteiger partial charge in [0.25, 0.3) is 11.3 Å². The summed E-state index contributed by atoms with van der Waals surface area (Å²) in [5, 5.41) is 0.171. The van der Waals surface area contributed by atoms with E-state index in [1.54, 1.807) is 0 Å². The lowest BCUT2D eigenvalue weighted by Crippen LogP contribution is -2.08. The van der Waals surface area contributed by atoms with E-state index in [0.717, 1.165) is 0 Å². The second kappa shape index (κ2) is 7.41. The molecule has 1 heterocycles. The molecule has 3 aromatic rings. The number of anilines is 1. The van der Waals surface area contributed by atoms with E-state index >= 15 is 0 Å². The monoisotopic (exact) mass is 398 g/mol. The van der Waals surface area contributed by atoms with Crippen molar-refractivity contribution in [3.8, 4) is 17.2 Å². The van der Waals surface area contributed by atoms with Crippen LogP contribution in [-0.2, 0) is 17.4 Å². The molecule has 0 radical (unpaired) electrons. The lowest BCUT2D eigenvalue weighted by Gasteiger charge is -2.16. The molecular weight excluding hydrogens is 385 g/mol. The quantitative estimate of drug-likeness (QED) is 0.614. The van der Waals surface area contributed by atoms with Gasteiger partial charge in [0.05, 0.1) is 12.6 Å². The average molecular weight is 398 g/mol. The lowest BCUT2D eigenvalue weighted by atomic mass is 10.1. The maximum atomic E-state index is 13.4. The number of pyridine rings is 1. The number of nitrogens with one attached hydrogen (secondary N) is 1. The van der Waals surface area contributed by atoms with Crippen LogP contribution in [0, 0.1) is 0 Å². The van der Waals surface area contributed by atoms with Crippen molar-refractivity contribution < 1.29 is 31.4 Å². The van der Waals surface area contributed by atoms with E-state index in [1.807, 2.05) is 0 Å². The van der Waals surface area contributed by atoms with Crippen LogP contribution in [0.3, 0.4) is 0 Å². The Hall–Kier alpha value is -2.85. The Balaban J connectivity index is 2.06. The molecule has 0 amide bonds. The number of aromatic nitrogens is 1. The maximum Gasteiger partial charge on any atom is 0.421 e. The molecular formula is C17H13F3N2O4S. The predicted octanol–water partition coefficient (Wildman–Crippen LogP) is 4.60. The third-order valence-electron chi connectivity index (χ3n) is 3.61. The predicted molar refractivity (Wildman–Crippen MR) is 94.2 cm³/mol. The molecule has 2 aromatic carbocycles. The second-order valence-electron chi connectivity index (χ2n) is 5.36. The van der Waals surface area contributed by atoms with Crippen LogP contribution in [0.15, 0.2) is 48.7 Å². The molecule has 27 heavy (non-hydrogen) atoms.